The molecule has 0 fully saturated rings. The van der Waals surface area contributed by atoms with Crippen LogP contribution < -0.4 is 4.74 Å². The van der Waals surface area contributed by atoms with Crippen LogP contribution in [0.3, 0.4) is 0 Å². The normalized spacial score (nSPS) is 14.3. The van der Waals surface area contributed by atoms with Gasteiger partial charge in [0, 0.05) is 46.0 Å². The molecule has 3 rings (SSSR count). The molecule has 4 N–H and O–H groups in total. The molecule has 0 saturated heterocycles. The SMILES string of the molecule is COCCCN(Cc1ccc2c(c1)CC(C)O2)Cc1ccccn1.O=C(O)CC(O)(CC(=O)O)C(=O)O. The third kappa shape index (κ3) is 10.2. The topological polar surface area (TPSA) is 167 Å². The van der Waals surface area contributed by atoms with Crippen molar-refractivity contribution in [3.63, 3.8) is 0 Å². The maximum Gasteiger partial charge on any atom is 0.336 e. The summed E-state index contributed by atoms with van der Waals surface area (Å²) in [5.41, 5.74) is 1.03. The Morgan fingerprint density at radius 2 is 1.81 bits per heavy atom. The number of pyridine rings is 1. The number of ether oxygens (including phenoxy) is 2. The van der Waals surface area contributed by atoms with Crippen molar-refractivity contribution in [1.29, 1.82) is 0 Å². The average molecular weight is 519 g/mol. The molecule has 0 saturated carbocycles. The lowest BCUT2D eigenvalue weighted by Gasteiger charge is -2.22. The number of aliphatic carboxylic acids is 3. The van der Waals surface area contributed by atoms with Gasteiger partial charge in [0.2, 0.25) is 0 Å². The number of hydrogen-bond donors (Lipinski definition) is 4. The molecule has 202 valence electrons. The summed E-state index contributed by atoms with van der Waals surface area (Å²) in [6.07, 6.45) is 1.89. The van der Waals surface area contributed by atoms with Gasteiger partial charge in [-0.1, -0.05) is 18.2 Å². The monoisotopic (exact) mass is 518 g/mol. The number of aromatic nitrogens is 1. The predicted octanol–water partition coefficient (Wildman–Crippen LogP) is 2.20. The van der Waals surface area contributed by atoms with Gasteiger partial charge in [-0.3, -0.25) is 19.5 Å². The Bertz CT molecular complexity index is 1030. The van der Waals surface area contributed by atoms with Gasteiger partial charge in [-0.25, -0.2) is 4.79 Å². The molecule has 0 bridgehead atoms. The number of carbonyl (C=O) groups is 3. The zero-order chi connectivity index (χ0) is 27.4. The number of methoxy groups -OCH3 is 1. The molecule has 1 atom stereocenters. The fourth-order valence-corrected chi connectivity index (χ4v) is 3.91. The first kappa shape index (κ1) is 29.7. The summed E-state index contributed by atoms with van der Waals surface area (Å²) in [5.74, 6) is -3.98. The number of aliphatic hydroxyl groups is 1. The summed E-state index contributed by atoms with van der Waals surface area (Å²) in [4.78, 5) is 37.4. The van der Waals surface area contributed by atoms with Crippen molar-refractivity contribution < 1.29 is 44.3 Å². The van der Waals surface area contributed by atoms with Crippen LogP contribution in [0.2, 0.25) is 0 Å². The van der Waals surface area contributed by atoms with Crippen molar-refractivity contribution in [3.05, 3.63) is 59.4 Å². The highest BCUT2D eigenvalue weighted by molar-refractivity contribution is 5.88. The van der Waals surface area contributed by atoms with E-state index in [1.807, 2.05) is 18.3 Å². The van der Waals surface area contributed by atoms with E-state index >= 15 is 0 Å². The lowest BCUT2D eigenvalue weighted by atomic mass is 9.96. The number of rotatable bonds is 13. The molecule has 1 aliphatic heterocycles. The Balaban J connectivity index is 0.000000317. The molecular weight excluding hydrogens is 484 g/mol. The van der Waals surface area contributed by atoms with Crippen LogP contribution in [0.25, 0.3) is 0 Å². The Kier molecular flexibility index (Phi) is 11.4. The third-order valence-corrected chi connectivity index (χ3v) is 5.59. The first-order valence-electron chi connectivity index (χ1n) is 11.8. The largest absolute Gasteiger partial charge is 0.490 e. The van der Waals surface area contributed by atoms with E-state index in [0.29, 0.717) is 6.10 Å². The molecule has 2 aromatic rings. The minimum absolute atomic E-state index is 0.293. The molecule has 0 aliphatic carbocycles. The number of hydrogen-bond acceptors (Lipinski definition) is 8. The third-order valence-electron chi connectivity index (χ3n) is 5.59. The van der Waals surface area contributed by atoms with Gasteiger partial charge in [-0.05, 0) is 42.7 Å². The van der Waals surface area contributed by atoms with Crippen LogP contribution in [-0.2, 0) is 38.6 Å². The molecule has 2 heterocycles. The Labute approximate surface area is 215 Å². The van der Waals surface area contributed by atoms with Crippen molar-refractivity contribution in [1.82, 2.24) is 9.88 Å². The van der Waals surface area contributed by atoms with E-state index in [0.717, 1.165) is 50.5 Å². The van der Waals surface area contributed by atoms with Gasteiger partial charge in [0.05, 0.1) is 18.5 Å². The number of nitrogens with zero attached hydrogens (tertiary/aromatic N) is 2. The van der Waals surface area contributed by atoms with E-state index in [1.54, 1.807) is 7.11 Å². The molecule has 11 nitrogen and oxygen atoms in total. The van der Waals surface area contributed by atoms with Crippen molar-refractivity contribution in [2.75, 3.05) is 20.3 Å². The molecule has 1 unspecified atom stereocenters. The Hall–Kier alpha value is -3.54. The second kappa shape index (κ2) is 14.3. The highest BCUT2D eigenvalue weighted by Gasteiger charge is 2.40. The van der Waals surface area contributed by atoms with Crippen LogP contribution in [0.5, 0.6) is 5.75 Å². The lowest BCUT2D eigenvalue weighted by molar-refractivity contribution is -0.170. The van der Waals surface area contributed by atoms with Gasteiger partial charge < -0.3 is 29.9 Å². The van der Waals surface area contributed by atoms with E-state index in [4.69, 9.17) is 29.9 Å². The van der Waals surface area contributed by atoms with Gasteiger partial charge in [0.25, 0.3) is 0 Å². The van der Waals surface area contributed by atoms with Crippen LogP contribution in [-0.4, -0.2) is 80.2 Å². The number of carboxylic acid groups (broad SMARTS) is 3. The standard InChI is InChI=1S/C20H26N2O2.C6H8O7/c1-16-12-18-13-17(7-8-20(18)24-16)14-22(10-5-11-23-2)15-19-6-3-4-9-21-19;7-3(8)1-6(13,5(11)12)2-4(9)10/h3-4,6-9,13,16H,5,10-12,14-15H2,1-2H3;13H,1-2H2,(H,7,8)(H,9,10)(H,11,12). The summed E-state index contributed by atoms with van der Waals surface area (Å²) < 4.78 is 11.0. The summed E-state index contributed by atoms with van der Waals surface area (Å²) in [7, 11) is 1.75. The number of benzene rings is 1. The van der Waals surface area contributed by atoms with Crippen LogP contribution in [0.4, 0.5) is 0 Å². The van der Waals surface area contributed by atoms with Gasteiger partial charge >= 0.3 is 17.9 Å². The van der Waals surface area contributed by atoms with Crippen molar-refractivity contribution in [2.45, 2.75) is 57.4 Å². The second-order valence-electron chi connectivity index (χ2n) is 8.93. The molecule has 0 radical (unpaired) electrons. The molecule has 11 heteroatoms. The summed E-state index contributed by atoms with van der Waals surface area (Å²) in [5, 5.41) is 33.8. The fraction of sp³-hybridized carbons (Fsp3) is 0.462. The first-order chi connectivity index (χ1) is 17.5. The van der Waals surface area contributed by atoms with E-state index in [9.17, 15) is 14.4 Å². The van der Waals surface area contributed by atoms with Crippen LogP contribution in [0.1, 0.15) is 43.0 Å². The quantitative estimate of drug-likeness (QED) is 0.287. The van der Waals surface area contributed by atoms with Crippen molar-refractivity contribution >= 4 is 17.9 Å². The van der Waals surface area contributed by atoms with Gasteiger partial charge in [-0.2, -0.15) is 0 Å². The van der Waals surface area contributed by atoms with E-state index < -0.39 is 36.4 Å². The minimum atomic E-state index is -2.74. The van der Waals surface area contributed by atoms with Crippen molar-refractivity contribution in [2.24, 2.45) is 0 Å². The van der Waals surface area contributed by atoms with Crippen LogP contribution in [0, 0.1) is 0 Å². The maximum atomic E-state index is 10.3. The fourth-order valence-electron chi connectivity index (χ4n) is 3.91. The summed E-state index contributed by atoms with van der Waals surface area (Å²) in [6, 6.07) is 12.7. The van der Waals surface area contributed by atoms with E-state index in [1.165, 1.54) is 11.1 Å². The Morgan fingerprint density at radius 3 is 2.38 bits per heavy atom. The highest BCUT2D eigenvalue weighted by Crippen LogP contribution is 2.29. The number of fused-ring (bicyclic) bond motifs is 1. The molecule has 0 amide bonds. The van der Waals surface area contributed by atoms with Crippen LogP contribution in [0.15, 0.2) is 42.6 Å². The van der Waals surface area contributed by atoms with Gasteiger partial charge in [0.15, 0.2) is 5.60 Å². The average Bonchev–Trinajstić information content (AvgIpc) is 3.18. The number of carboxylic acids is 3. The predicted molar refractivity (Wildman–Crippen MR) is 132 cm³/mol. The summed E-state index contributed by atoms with van der Waals surface area (Å²) >= 11 is 0. The second-order valence-corrected chi connectivity index (χ2v) is 8.93. The molecule has 1 aromatic carbocycles. The van der Waals surface area contributed by atoms with Gasteiger partial charge in [-0.15, -0.1) is 0 Å². The molecule has 1 aromatic heterocycles. The van der Waals surface area contributed by atoms with Crippen LogP contribution >= 0.6 is 0 Å². The first-order valence-corrected chi connectivity index (χ1v) is 11.8. The Morgan fingerprint density at radius 1 is 1.11 bits per heavy atom. The van der Waals surface area contributed by atoms with E-state index in [-0.39, 0.29) is 0 Å². The maximum absolute atomic E-state index is 10.3. The lowest BCUT2D eigenvalue weighted by Crippen LogP contribution is -2.42. The van der Waals surface area contributed by atoms with Gasteiger partial charge in [0.1, 0.15) is 11.9 Å². The summed E-state index contributed by atoms with van der Waals surface area (Å²) in [6.45, 7) is 5.68. The zero-order valence-electron chi connectivity index (χ0n) is 21.0. The highest BCUT2D eigenvalue weighted by atomic mass is 16.5. The molecule has 1 aliphatic rings. The molecular formula is C26H34N2O9. The minimum Gasteiger partial charge on any atom is -0.490 e. The molecule has 0 spiro atoms. The van der Waals surface area contributed by atoms with Crippen molar-refractivity contribution in [3.8, 4) is 5.75 Å². The zero-order valence-corrected chi connectivity index (χ0v) is 21.0. The molecule has 37 heavy (non-hydrogen) atoms. The smallest absolute Gasteiger partial charge is 0.336 e. The van der Waals surface area contributed by atoms with E-state index in [2.05, 4.69) is 41.1 Å².